The van der Waals surface area contributed by atoms with Gasteiger partial charge < -0.3 is 10.1 Å². The number of carbonyl (C=O) groups is 1. The fraction of sp³-hybridized carbons (Fsp3) is 0.357. The van der Waals surface area contributed by atoms with Crippen molar-refractivity contribution in [2.45, 2.75) is 12.6 Å². The summed E-state index contributed by atoms with van der Waals surface area (Å²) in [4.78, 5) is 11.6. The van der Waals surface area contributed by atoms with Crippen molar-refractivity contribution in [1.82, 2.24) is 10.6 Å². The lowest BCUT2D eigenvalue weighted by atomic mass is 10.2. The van der Waals surface area contributed by atoms with Crippen LogP contribution in [0.1, 0.15) is 5.56 Å². The number of carbonyl (C=O) groups excluding carboxylic acids is 1. The summed E-state index contributed by atoms with van der Waals surface area (Å²) >= 11 is 0. The molecule has 4 heteroatoms. The lowest BCUT2D eigenvalue weighted by molar-refractivity contribution is -0.122. The van der Waals surface area contributed by atoms with Gasteiger partial charge in [0.05, 0.1) is 13.2 Å². The molecule has 1 atom stereocenters. The van der Waals surface area contributed by atoms with E-state index in [0.717, 1.165) is 12.1 Å². The number of benzene rings is 1. The van der Waals surface area contributed by atoms with Crippen LogP contribution >= 0.6 is 0 Å². The summed E-state index contributed by atoms with van der Waals surface area (Å²) in [7, 11) is 0. The van der Waals surface area contributed by atoms with E-state index in [1.807, 2.05) is 42.5 Å². The number of hydrogen-bond donors (Lipinski definition) is 2. The highest BCUT2D eigenvalue weighted by molar-refractivity contribution is 5.84. The lowest BCUT2D eigenvalue weighted by Gasteiger charge is -2.10. The molecule has 1 aliphatic heterocycles. The van der Waals surface area contributed by atoms with Crippen LogP contribution < -0.4 is 10.6 Å². The first kappa shape index (κ1) is 12.8. The number of rotatable bonds is 6. The average molecular weight is 246 g/mol. The van der Waals surface area contributed by atoms with Crippen molar-refractivity contribution in [2.75, 3.05) is 19.7 Å². The summed E-state index contributed by atoms with van der Waals surface area (Å²) in [6.45, 7) is 2.41. The van der Waals surface area contributed by atoms with Crippen LogP contribution in [0.3, 0.4) is 0 Å². The molecule has 0 bridgehead atoms. The summed E-state index contributed by atoms with van der Waals surface area (Å²) in [6, 6.07) is 9.81. The predicted molar refractivity (Wildman–Crippen MR) is 70.0 cm³/mol. The first-order chi connectivity index (χ1) is 8.86. The van der Waals surface area contributed by atoms with Gasteiger partial charge in [0.15, 0.2) is 0 Å². The maximum atomic E-state index is 11.6. The highest BCUT2D eigenvalue weighted by Crippen LogP contribution is 1.99. The fourth-order valence-corrected chi connectivity index (χ4v) is 1.77. The summed E-state index contributed by atoms with van der Waals surface area (Å²) in [5.41, 5.74) is 1.14. The van der Waals surface area contributed by atoms with Crippen molar-refractivity contribution in [1.29, 1.82) is 0 Å². The van der Waals surface area contributed by atoms with Gasteiger partial charge in [0.2, 0.25) is 5.91 Å². The molecule has 1 aromatic rings. The summed E-state index contributed by atoms with van der Waals surface area (Å²) in [5, 5.41) is 5.89. The van der Waals surface area contributed by atoms with Crippen LogP contribution in [0, 0.1) is 0 Å². The summed E-state index contributed by atoms with van der Waals surface area (Å²) in [5.74, 6) is 0.00654. The van der Waals surface area contributed by atoms with Gasteiger partial charge >= 0.3 is 0 Å². The molecule has 0 saturated heterocycles. The molecule has 1 aromatic carbocycles. The van der Waals surface area contributed by atoms with Gasteiger partial charge in [0.1, 0.15) is 6.04 Å². The Labute approximate surface area is 107 Å². The third-order valence-electron chi connectivity index (χ3n) is 2.72. The quantitative estimate of drug-likeness (QED) is 0.578. The second-order valence-electron chi connectivity index (χ2n) is 4.14. The van der Waals surface area contributed by atoms with Gasteiger partial charge in [-0.25, -0.2) is 0 Å². The monoisotopic (exact) mass is 246 g/mol. The molecule has 0 radical (unpaired) electrons. The van der Waals surface area contributed by atoms with Crippen LogP contribution in [0.15, 0.2) is 42.5 Å². The van der Waals surface area contributed by atoms with Gasteiger partial charge in [0.25, 0.3) is 0 Å². The summed E-state index contributed by atoms with van der Waals surface area (Å²) < 4.78 is 5.48. The highest BCUT2D eigenvalue weighted by Gasteiger charge is 2.16. The van der Waals surface area contributed by atoms with Gasteiger partial charge in [0, 0.05) is 13.1 Å². The molecule has 0 fully saturated rings. The molecule has 1 heterocycles. The highest BCUT2D eigenvalue weighted by atomic mass is 16.5. The van der Waals surface area contributed by atoms with E-state index >= 15 is 0 Å². The van der Waals surface area contributed by atoms with Crippen LogP contribution in [0.2, 0.25) is 0 Å². The van der Waals surface area contributed by atoms with Crippen LogP contribution in [-0.4, -0.2) is 31.6 Å². The van der Waals surface area contributed by atoms with Crippen molar-refractivity contribution in [3.05, 3.63) is 48.0 Å². The topological polar surface area (TPSA) is 50.4 Å². The molecule has 18 heavy (non-hydrogen) atoms. The zero-order valence-electron chi connectivity index (χ0n) is 10.3. The van der Waals surface area contributed by atoms with E-state index in [4.69, 9.17) is 4.74 Å². The summed E-state index contributed by atoms with van der Waals surface area (Å²) in [6.07, 6.45) is 3.83. The molecule has 1 aliphatic rings. The van der Waals surface area contributed by atoms with Gasteiger partial charge in [-0.2, -0.15) is 0 Å². The molecule has 96 valence electrons. The number of hydrogen-bond acceptors (Lipinski definition) is 3. The normalized spacial score (nSPS) is 17.9. The minimum Gasteiger partial charge on any atom is -0.375 e. The fourth-order valence-electron chi connectivity index (χ4n) is 1.77. The van der Waals surface area contributed by atoms with Gasteiger partial charge in [-0.05, 0) is 5.56 Å². The smallest absolute Gasteiger partial charge is 0.241 e. The van der Waals surface area contributed by atoms with Crippen molar-refractivity contribution >= 4 is 5.91 Å². The second kappa shape index (κ2) is 6.93. The largest absolute Gasteiger partial charge is 0.375 e. The van der Waals surface area contributed by atoms with Crippen molar-refractivity contribution in [3.63, 3.8) is 0 Å². The van der Waals surface area contributed by atoms with Gasteiger partial charge in [-0.3, -0.25) is 10.1 Å². The second-order valence-corrected chi connectivity index (χ2v) is 4.14. The molecule has 2 N–H and O–H groups in total. The Hall–Kier alpha value is -1.65. The molecule has 0 aromatic heterocycles. The molecular weight excluding hydrogens is 228 g/mol. The van der Waals surface area contributed by atoms with E-state index in [0.29, 0.717) is 19.8 Å². The van der Waals surface area contributed by atoms with Crippen LogP contribution in [0.25, 0.3) is 0 Å². The van der Waals surface area contributed by atoms with E-state index in [2.05, 4.69) is 10.6 Å². The Morgan fingerprint density at radius 1 is 1.39 bits per heavy atom. The van der Waals surface area contributed by atoms with Crippen LogP contribution in [0.5, 0.6) is 0 Å². The van der Waals surface area contributed by atoms with Crippen LogP contribution in [0.4, 0.5) is 0 Å². The van der Waals surface area contributed by atoms with E-state index in [-0.39, 0.29) is 11.9 Å². The molecule has 4 nitrogen and oxygen atoms in total. The zero-order chi connectivity index (χ0) is 12.6. The zero-order valence-corrected chi connectivity index (χ0v) is 10.3. The Morgan fingerprint density at radius 3 is 2.94 bits per heavy atom. The maximum absolute atomic E-state index is 11.6. The Morgan fingerprint density at radius 2 is 2.22 bits per heavy atom. The third-order valence-corrected chi connectivity index (χ3v) is 2.72. The SMILES string of the molecule is O=C(NCCOCc1ccccc1)C1C=CCN1. The Balaban J connectivity index is 1.56. The minimum absolute atomic E-state index is 0.00654. The molecule has 1 amide bonds. The molecule has 0 aliphatic carbocycles. The first-order valence-corrected chi connectivity index (χ1v) is 6.16. The van der Waals surface area contributed by atoms with Gasteiger partial charge in [-0.15, -0.1) is 0 Å². The molecular formula is C14H18N2O2. The predicted octanol–water partition coefficient (Wildman–Crippen LogP) is 0.847. The molecule has 0 spiro atoms. The minimum atomic E-state index is -0.181. The Kier molecular flexibility index (Phi) is 4.93. The first-order valence-electron chi connectivity index (χ1n) is 6.16. The van der Waals surface area contributed by atoms with E-state index in [1.165, 1.54) is 0 Å². The number of amides is 1. The van der Waals surface area contributed by atoms with Crippen molar-refractivity contribution in [2.24, 2.45) is 0 Å². The van der Waals surface area contributed by atoms with Gasteiger partial charge in [-0.1, -0.05) is 42.5 Å². The average Bonchev–Trinajstić information content (AvgIpc) is 2.93. The standard InChI is InChI=1S/C14H18N2O2/c17-14(13-7-4-8-15-13)16-9-10-18-11-12-5-2-1-3-6-12/h1-7,13,15H,8-11H2,(H,16,17). The molecule has 0 saturated carbocycles. The molecule has 1 unspecified atom stereocenters. The maximum Gasteiger partial charge on any atom is 0.241 e. The number of nitrogens with one attached hydrogen (secondary N) is 2. The van der Waals surface area contributed by atoms with Crippen LogP contribution in [-0.2, 0) is 16.1 Å². The molecule has 2 rings (SSSR count). The third kappa shape index (κ3) is 3.98. The number of ether oxygens (including phenoxy) is 1. The van der Waals surface area contributed by atoms with Crippen molar-refractivity contribution in [3.8, 4) is 0 Å². The lowest BCUT2D eigenvalue weighted by Crippen LogP contribution is -2.41. The van der Waals surface area contributed by atoms with E-state index in [9.17, 15) is 4.79 Å². The van der Waals surface area contributed by atoms with E-state index in [1.54, 1.807) is 0 Å². The van der Waals surface area contributed by atoms with Crippen molar-refractivity contribution < 1.29 is 9.53 Å². The Bertz CT molecular complexity index is 404. The van der Waals surface area contributed by atoms with E-state index < -0.39 is 0 Å².